The molecule has 1 aliphatic rings. The summed E-state index contributed by atoms with van der Waals surface area (Å²) in [5, 5.41) is 2.82. The van der Waals surface area contributed by atoms with Gasteiger partial charge in [0.15, 0.2) is 0 Å². The number of carbonyl (C=O) groups is 2. The first kappa shape index (κ1) is 19.5. The summed E-state index contributed by atoms with van der Waals surface area (Å²) in [6.45, 7) is 6.14. The van der Waals surface area contributed by atoms with Crippen LogP contribution in [0.2, 0.25) is 0 Å². The predicted molar refractivity (Wildman–Crippen MR) is 110 cm³/mol. The summed E-state index contributed by atoms with van der Waals surface area (Å²) < 4.78 is 0. The fourth-order valence-corrected chi connectivity index (χ4v) is 3.97. The average molecular weight is 383 g/mol. The minimum atomic E-state index is -0.163. The number of thioether (sulfide) groups is 1. The van der Waals surface area contributed by atoms with Gasteiger partial charge in [-0.1, -0.05) is 29.8 Å². The molecule has 0 aromatic heterocycles. The molecule has 5 heteroatoms. The van der Waals surface area contributed by atoms with E-state index in [0.717, 1.165) is 42.0 Å². The lowest BCUT2D eigenvalue weighted by atomic mass is 10.1. The Hall–Kier alpha value is -2.27. The number of likely N-dealkylation sites (tertiary alicyclic amines) is 1. The largest absolute Gasteiger partial charge is 0.351 e. The third kappa shape index (κ3) is 5.36. The van der Waals surface area contributed by atoms with Gasteiger partial charge in [0.05, 0.1) is 5.25 Å². The van der Waals surface area contributed by atoms with Crippen LogP contribution < -0.4 is 5.32 Å². The summed E-state index contributed by atoms with van der Waals surface area (Å²) >= 11 is 1.55. The fourth-order valence-electron chi connectivity index (χ4n) is 3.08. The number of carbonyl (C=O) groups excluding carboxylic acids is 2. The summed E-state index contributed by atoms with van der Waals surface area (Å²) in [4.78, 5) is 27.7. The quantitative estimate of drug-likeness (QED) is 0.768. The Kier molecular flexibility index (Phi) is 6.56. The molecular formula is C22H26N2O2S. The second-order valence-electron chi connectivity index (χ2n) is 6.99. The molecule has 0 aliphatic carbocycles. The first-order valence-corrected chi connectivity index (χ1v) is 10.3. The fraction of sp³-hybridized carbons (Fsp3) is 0.364. The molecule has 0 bridgehead atoms. The second-order valence-corrected chi connectivity index (χ2v) is 8.40. The molecule has 27 heavy (non-hydrogen) atoms. The topological polar surface area (TPSA) is 49.4 Å². The number of aryl methyl sites for hydroxylation is 1. The minimum absolute atomic E-state index is 0.0118. The molecule has 0 spiro atoms. The summed E-state index contributed by atoms with van der Waals surface area (Å²) in [6.07, 6.45) is 2.18. The molecule has 1 aliphatic heterocycles. The molecular weight excluding hydrogens is 356 g/mol. The van der Waals surface area contributed by atoms with E-state index in [0.29, 0.717) is 6.54 Å². The molecule has 1 fully saturated rings. The Labute approximate surface area is 165 Å². The van der Waals surface area contributed by atoms with E-state index < -0.39 is 0 Å². The molecule has 0 radical (unpaired) electrons. The van der Waals surface area contributed by atoms with Crippen LogP contribution in [0.1, 0.15) is 41.3 Å². The van der Waals surface area contributed by atoms with Crippen molar-refractivity contribution in [3.63, 3.8) is 0 Å². The molecule has 3 rings (SSSR count). The van der Waals surface area contributed by atoms with Crippen molar-refractivity contribution in [1.82, 2.24) is 10.2 Å². The number of hydrogen-bond donors (Lipinski definition) is 1. The molecule has 1 N–H and O–H groups in total. The first-order chi connectivity index (χ1) is 13.0. The third-order valence-electron chi connectivity index (χ3n) is 4.76. The normalized spacial score (nSPS) is 14.8. The standard InChI is InChI=1S/C22H26N2O2S/c1-16-5-11-20(12-6-16)27-17(2)21(25)23-15-18-7-9-19(10-8-18)22(26)24-13-3-4-14-24/h5-12,17H,3-4,13-15H2,1-2H3,(H,23,25). The van der Waals surface area contributed by atoms with Crippen LogP contribution in [-0.2, 0) is 11.3 Å². The molecule has 2 aromatic carbocycles. The van der Waals surface area contributed by atoms with Gasteiger partial charge >= 0.3 is 0 Å². The van der Waals surface area contributed by atoms with Crippen molar-refractivity contribution < 1.29 is 9.59 Å². The lowest BCUT2D eigenvalue weighted by Crippen LogP contribution is -2.30. The van der Waals surface area contributed by atoms with Crippen molar-refractivity contribution in [1.29, 1.82) is 0 Å². The van der Waals surface area contributed by atoms with Gasteiger partial charge in [0.1, 0.15) is 0 Å². The van der Waals surface area contributed by atoms with E-state index >= 15 is 0 Å². The Bertz CT molecular complexity index is 781. The van der Waals surface area contributed by atoms with Gasteiger partial charge in [-0.05, 0) is 56.5 Å². The molecule has 1 heterocycles. The highest BCUT2D eigenvalue weighted by molar-refractivity contribution is 8.00. The van der Waals surface area contributed by atoms with Gasteiger partial charge in [-0.25, -0.2) is 0 Å². The summed E-state index contributed by atoms with van der Waals surface area (Å²) in [7, 11) is 0. The lowest BCUT2D eigenvalue weighted by molar-refractivity contribution is -0.120. The van der Waals surface area contributed by atoms with Crippen LogP contribution in [0.4, 0.5) is 0 Å². The highest BCUT2D eigenvalue weighted by atomic mass is 32.2. The SMILES string of the molecule is Cc1ccc(SC(C)C(=O)NCc2ccc(C(=O)N3CCCC3)cc2)cc1. The van der Waals surface area contributed by atoms with Gasteiger partial charge in [0.25, 0.3) is 5.91 Å². The first-order valence-electron chi connectivity index (χ1n) is 9.42. The van der Waals surface area contributed by atoms with Crippen LogP contribution in [0.25, 0.3) is 0 Å². The van der Waals surface area contributed by atoms with Crippen LogP contribution in [0.15, 0.2) is 53.4 Å². The van der Waals surface area contributed by atoms with Gasteiger partial charge in [0, 0.05) is 30.1 Å². The predicted octanol–water partition coefficient (Wildman–Crippen LogP) is 4.03. The maximum absolute atomic E-state index is 12.4. The van der Waals surface area contributed by atoms with Crippen molar-refractivity contribution in [2.75, 3.05) is 13.1 Å². The number of benzene rings is 2. The second kappa shape index (κ2) is 9.09. The van der Waals surface area contributed by atoms with Crippen LogP contribution in [-0.4, -0.2) is 35.1 Å². The smallest absolute Gasteiger partial charge is 0.253 e. The van der Waals surface area contributed by atoms with E-state index in [9.17, 15) is 9.59 Å². The zero-order chi connectivity index (χ0) is 19.2. The van der Waals surface area contributed by atoms with E-state index in [-0.39, 0.29) is 17.1 Å². The molecule has 1 saturated heterocycles. The number of amides is 2. The van der Waals surface area contributed by atoms with Gasteiger partial charge in [0.2, 0.25) is 5.91 Å². The van der Waals surface area contributed by atoms with Crippen LogP contribution in [0.3, 0.4) is 0 Å². The summed E-state index contributed by atoms with van der Waals surface area (Å²) in [6, 6.07) is 15.7. The van der Waals surface area contributed by atoms with Crippen LogP contribution in [0.5, 0.6) is 0 Å². The van der Waals surface area contributed by atoms with Crippen molar-refractivity contribution in [2.45, 2.75) is 43.4 Å². The van der Waals surface area contributed by atoms with E-state index in [1.54, 1.807) is 11.8 Å². The zero-order valence-electron chi connectivity index (χ0n) is 15.9. The van der Waals surface area contributed by atoms with E-state index in [2.05, 4.69) is 24.4 Å². The molecule has 1 atom stereocenters. The highest BCUT2D eigenvalue weighted by Crippen LogP contribution is 2.23. The molecule has 4 nitrogen and oxygen atoms in total. The van der Waals surface area contributed by atoms with Gasteiger partial charge < -0.3 is 10.2 Å². The van der Waals surface area contributed by atoms with Gasteiger partial charge in [-0.15, -0.1) is 11.8 Å². The number of hydrogen-bond acceptors (Lipinski definition) is 3. The van der Waals surface area contributed by atoms with E-state index in [4.69, 9.17) is 0 Å². The van der Waals surface area contributed by atoms with Crippen molar-refractivity contribution in [2.24, 2.45) is 0 Å². The number of rotatable bonds is 6. The van der Waals surface area contributed by atoms with Gasteiger partial charge in [-0.3, -0.25) is 9.59 Å². The van der Waals surface area contributed by atoms with Gasteiger partial charge in [-0.2, -0.15) is 0 Å². The molecule has 142 valence electrons. The number of nitrogens with zero attached hydrogens (tertiary/aromatic N) is 1. The van der Waals surface area contributed by atoms with Crippen LogP contribution >= 0.6 is 11.8 Å². The monoisotopic (exact) mass is 382 g/mol. The Balaban J connectivity index is 1.49. The average Bonchev–Trinajstić information content (AvgIpc) is 3.22. The van der Waals surface area contributed by atoms with E-state index in [1.165, 1.54) is 5.56 Å². The summed E-state index contributed by atoms with van der Waals surface area (Å²) in [5.41, 5.74) is 2.92. The molecule has 1 unspecified atom stereocenters. The highest BCUT2D eigenvalue weighted by Gasteiger charge is 2.19. The van der Waals surface area contributed by atoms with E-state index in [1.807, 2.05) is 48.2 Å². The number of nitrogens with one attached hydrogen (secondary N) is 1. The maximum atomic E-state index is 12.4. The van der Waals surface area contributed by atoms with Crippen molar-refractivity contribution in [3.05, 3.63) is 65.2 Å². The molecule has 2 aromatic rings. The third-order valence-corrected chi connectivity index (χ3v) is 5.88. The Morgan fingerprint density at radius 2 is 1.67 bits per heavy atom. The van der Waals surface area contributed by atoms with Crippen LogP contribution in [0, 0.1) is 6.92 Å². The Morgan fingerprint density at radius 3 is 2.30 bits per heavy atom. The summed E-state index contributed by atoms with van der Waals surface area (Å²) in [5.74, 6) is 0.115. The van der Waals surface area contributed by atoms with Crippen molar-refractivity contribution >= 4 is 23.6 Å². The maximum Gasteiger partial charge on any atom is 0.253 e. The molecule has 2 amide bonds. The molecule has 0 saturated carbocycles. The minimum Gasteiger partial charge on any atom is -0.351 e. The zero-order valence-corrected chi connectivity index (χ0v) is 16.7. The Morgan fingerprint density at radius 1 is 1.04 bits per heavy atom. The lowest BCUT2D eigenvalue weighted by Gasteiger charge is -2.15. The van der Waals surface area contributed by atoms with Crippen molar-refractivity contribution in [3.8, 4) is 0 Å².